The molecule has 112 valence electrons. The Kier molecular flexibility index (Phi) is 4.38. The van der Waals surface area contributed by atoms with Crippen LogP contribution in [0.5, 0.6) is 0 Å². The van der Waals surface area contributed by atoms with Crippen molar-refractivity contribution >= 4 is 0 Å². The molecule has 1 fully saturated rings. The van der Waals surface area contributed by atoms with Gasteiger partial charge >= 0.3 is 0 Å². The highest BCUT2D eigenvalue weighted by Gasteiger charge is 2.28. The Labute approximate surface area is 121 Å². The lowest BCUT2D eigenvalue weighted by atomic mass is 10.0. The van der Waals surface area contributed by atoms with E-state index >= 15 is 0 Å². The molecule has 1 unspecified atom stereocenters. The highest BCUT2D eigenvalue weighted by molar-refractivity contribution is 5.03. The van der Waals surface area contributed by atoms with Gasteiger partial charge in [0.05, 0.1) is 5.69 Å². The Bertz CT molecular complexity index is 425. The lowest BCUT2D eigenvalue weighted by Crippen LogP contribution is -2.42. The topological polar surface area (TPSA) is 33.5 Å². The molecule has 1 aromatic heterocycles. The van der Waals surface area contributed by atoms with Crippen molar-refractivity contribution in [1.29, 1.82) is 0 Å². The second kappa shape index (κ2) is 6.24. The summed E-state index contributed by atoms with van der Waals surface area (Å²) in [6.07, 6.45) is 4.28. The summed E-state index contributed by atoms with van der Waals surface area (Å²) in [5.74, 6) is 0.647. The van der Waals surface area contributed by atoms with Gasteiger partial charge in [0, 0.05) is 57.5 Å². The van der Waals surface area contributed by atoms with Crippen molar-refractivity contribution in [2.24, 2.45) is 5.92 Å². The highest BCUT2D eigenvalue weighted by Crippen LogP contribution is 2.23. The van der Waals surface area contributed by atoms with Crippen LogP contribution in [0.4, 0.5) is 0 Å². The van der Waals surface area contributed by atoms with E-state index in [0.717, 1.165) is 32.8 Å². The normalized spacial score (nSPS) is 25.6. The fraction of sp³-hybridized carbons (Fsp3) is 0.800. The molecule has 5 nitrogen and oxygen atoms in total. The number of fused-ring (bicyclic) bond motifs is 1. The van der Waals surface area contributed by atoms with Crippen LogP contribution in [0.15, 0.2) is 12.3 Å². The molecular formula is C15H26N4O. The maximum atomic E-state index is 5.52. The Morgan fingerprint density at radius 2 is 2.10 bits per heavy atom. The Morgan fingerprint density at radius 3 is 2.85 bits per heavy atom. The van der Waals surface area contributed by atoms with Crippen LogP contribution < -0.4 is 0 Å². The first-order chi connectivity index (χ1) is 9.72. The van der Waals surface area contributed by atoms with E-state index in [1.54, 1.807) is 0 Å². The van der Waals surface area contributed by atoms with Crippen LogP contribution in [0.2, 0.25) is 0 Å². The first kappa shape index (κ1) is 14.0. The molecule has 0 amide bonds. The van der Waals surface area contributed by atoms with Gasteiger partial charge < -0.3 is 9.64 Å². The zero-order chi connectivity index (χ0) is 13.9. The van der Waals surface area contributed by atoms with Gasteiger partial charge in [0.1, 0.15) is 0 Å². The van der Waals surface area contributed by atoms with Crippen molar-refractivity contribution in [3.8, 4) is 0 Å². The van der Waals surface area contributed by atoms with Gasteiger partial charge in [-0.25, -0.2) is 0 Å². The van der Waals surface area contributed by atoms with E-state index in [2.05, 4.69) is 39.7 Å². The Hall–Kier alpha value is -0.910. The molecular weight excluding hydrogens is 252 g/mol. The van der Waals surface area contributed by atoms with Crippen LogP contribution in [0.25, 0.3) is 0 Å². The molecule has 2 aliphatic heterocycles. The minimum Gasteiger partial charge on any atom is -0.381 e. The van der Waals surface area contributed by atoms with Gasteiger partial charge in [-0.1, -0.05) is 0 Å². The number of hydrogen-bond acceptors (Lipinski definition) is 4. The van der Waals surface area contributed by atoms with Crippen molar-refractivity contribution < 1.29 is 4.74 Å². The zero-order valence-electron chi connectivity index (χ0n) is 12.7. The quantitative estimate of drug-likeness (QED) is 0.828. The van der Waals surface area contributed by atoms with Crippen molar-refractivity contribution in [2.75, 3.05) is 40.4 Å². The van der Waals surface area contributed by atoms with Crippen molar-refractivity contribution in [1.82, 2.24) is 19.6 Å². The van der Waals surface area contributed by atoms with Gasteiger partial charge in [-0.15, -0.1) is 0 Å². The SMILES string of the molecule is CN(C)CC1CN(C2CCOCC2)Cc2ccnn2C1. The molecule has 3 rings (SSSR count). The molecule has 0 radical (unpaired) electrons. The predicted molar refractivity (Wildman–Crippen MR) is 78.5 cm³/mol. The third-order valence-electron chi connectivity index (χ3n) is 4.42. The van der Waals surface area contributed by atoms with Crippen LogP contribution in [0, 0.1) is 5.92 Å². The van der Waals surface area contributed by atoms with Gasteiger partial charge in [-0.2, -0.15) is 5.10 Å². The molecule has 0 saturated carbocycles. The second-order valence-corrected chi connectivity index (χ2v) is 6.41. The van der Waals surface area contributed by atoms with Crippen LogP contribution in [0.1, 0.15) is 18.5 Å². The molecule has 1 saturated heterocycles. The molecule has 2 aliphatic rings. The summed E-state index contributed by atoms with van der Waals surface area (Å²) in [6, 6.07) is 2.85. The maximum absolute atomic E-state index is 5.52. The highest BCUT2D eigenvalue weighted by atomic mass is 16.5. The van der Waals surface area contributed by atoms with Crippen molar-refractivity contribution in [3.05, 3.63) is 18.0 Å². The molecule has 0 N–H and O–H groups in total. The number of hydrogen-bond donors (Lipinski definition) is 0. The van der Waals surface area contributed by atoms with E-state index in [9.17, 15) is 0 Å². The van der Waals surface area contributed by atoms with E-state index in [1.165, 1.54) is 25.1 Å². The van der Waals surface area contributed by atoms with E-state index in [4.69, 9.17) is 4.74 Å². The van der Waals surface area contributed by atoms with Crippen molar-refractivity contribution in [2.45, 2.75) is 32.0 Å². The number of nitrogens with zero attached hydrogens (tertiary/aromatic N) is 4. The average molecular weight is 278 g/mol. The molecule has 20 heavy (non-hydrogen) atoms. The lowest BCUT2D eigenvalue weighted by Gasteiger charge is -2.35. The molecule has 3 heterocycles. The fourth-order valence-electron chi connectivity index (χ4n) is 3.53. The molecule has 1 aromatic rings. The fourth-order valence-corrected chi connectivity index (χ4v) is 3.53. The summed E-state index contributed by atoms with van der Waals surface area (Å²) in [5.41, 5.74) is 1.36. The number of aromatic nitrogens is 2. The molecule has 0 aromatic carbocycles. The molecule has 5 heteroatoms. The summed E-state index contributed by atoms with van der Waals surface area (Å²) < 4.78 is 7.72. The molecule has 0 aliphatic carbocycles. The van der Waals surface area contributed by atoms with E-state index in [-0.39, 0.29) is 0 Å². The average Bonchev–Trinajstić information content (AvgIpc) is 2.78. The zero-order valence-corrected chi connectivity index (χ0v) is 12.7. The first-order valence-corrected chi connectivity index (χ1v) is 7.69. The van der Waals surface area contributed by atoms with E-state index in [0.29, 0.717) is 12.0 Å². The minimum atomic E-state index is 0.647. The number of ether oxygens (including phenoxy) is 1. The van der Waals surface area contributed by atoms with Gasteiger partial charge in [-0.3, -0.25) is 9.58 Å². The predicted octanol–water partition coefficient (Wildman–Crippen LogP) is 1.06. The summed E-state index contributed by atoms with van der Waals surface area (Å²) in [7, 11) is 4.32. The van der Waals surface area contributed by atoms with Crippen LogP contribution in [0.3, 0.4) is 0 Å². The van der Waals surface area contributed by atoms with Gasteiger partial charge in [0.2, 0.25) is 0 Å². The van der Waals surface area contributed by atoms with Gasteiger partial charge in [-0.05, 0) is 33.0 Å². The van der Waals surface area contributed by atoms with E-state index in [1.807, 2.05) is 6.20 Å². The molecule has 0 spiro atoms. The standard InChI is InChI=1S/C15H26N4O/c1-17(2)9-13-10-18(14-4-7-20-8-5-14)12-15-3-6-16-19(15)11-13/h3,6,13-14H,4-5,7-12H2,1-2H3. The Balaban J connectivity index is 1.76. The van der Waals surface area contributed by atoms with Gasteiger partial charge in [0.25, 0.3) is 0 Å². The maximum Gasteiger partial charge on any atom is 0.0524 e. The second-order valence-electron chi connectivity index (χ2n) is 6.41. The summed E-state index contributed by atoms with van der Waals surface area (Å²) in [6.45, 7) is 6.21. The summed E-state index contributed by atoms with van der Waals surface area (Å²) in [4.78, 5) is 4.96. The van der Waals surface area contributed by atoms with E-state index < -0.39 is 0 Å². The third kappa shape index (κ3) is 3.22. The summed E-state index contributed by atoms with van der Waals surface area (Å²) in [5, 5.41) is 4.50. The smallest absolute Gasteiger partial charge is 0.0524 e. The van der Waals surface area contributed by atoms with Crippen molar-refractivity contribution in [3.63, 3.8) is 0 Å². The number of rotatable bonds is 3. The van der Waals surface area contributed by atoms with Crippen LogP contribution in [-0.4, -0.2) is 66.0 Å². The minimum absolute atomic E-state index is 0.647. The summed E-state index contributed by atoms with van der Waals surface area (Å²) >= 11 is 0. The monoisotopic (exact) mass is 278 g/mol. The molecule has 0 bridgehead atoms. The van der Waals surface area contributed by atoms with Crippen LogP contribution >= 0.6 is 0 Å². The van der Waals surface area contributed by atoms with Gasteiger partial charge in [0.15, 0.2) is 0 Å². The molecule has 1 atom stereocenters. The van der Waals surface area contributed by atoms with Crippen LogP contribution in [-0.2, 0) is 17.8 Å². The third-order valence-corrected chi connectivity index (χ3v) is 4.42. The Morgan fingerprint density at radius 1 is 1.30 bits per heavy atom. The first-order valence-electron chi connectivity index (χ1n) is 7.69. The lowest BCUT2D eigenvalue weighted by molar-refractivity contribution is 0.0250. The largest absolute Gasteiger partial charge is 0.381 e.